The Balaban J connectivity index is 1.78. The summed E-state index contributed by atoms with van der Waals surface area (Å²) in [6.07, 6.45) is 1.23. The molecule has 0 aliphatic rings. The predicted molar refractivity (Wildman–Crippen MR) is 96.3 cm³/mol. The van der Waals surface area contributed by atoms with Crippen LogP contribution in [0, 0.1) is 0 Å². The quantitative estimate of drug-likeness (QED) is 0.503. The molecule has 0 saturated heterocycles. The van der Waals surface area contributed by atoms with E-state index in [-0.39, 0.29) is 22.9 Å². The van der Waals surface area contributed by atoms with Crippen molar-refractivity contribution in [3.8, 4) is 5.75 Å². The lowest BCUT2D eigenvalue weighted by atomic mass is 10.2. The van der Waals surface area contributed by atoms with Gasteiger partial charge in [0.2, 0.25) is 0 Å². The Morgan fingerprint density at radius 1 is 1.46 bits per heavy atom. The number of benzene rings is 1. The van der Waals surface area contributed by atoms with Crippen LogP contribution in [0.4, 0.5) is 0 Å². The maximum Gasteiger partial charge on any atom is 0.268 e. The highest BCUT2D eigenvalue weighted by atomic mass is 35.5. The van der Waals surface area contributed by atoms with Crippen LogP contribution < -0.4 is 10.9 Å². The minimum Gasteiger partial charge on any atom is -0.506 e. The Labute approximate surface area is 152 Å². The number of hydrogen-bond donors (Lipinski definition) is 3. The van der Waals surface area contributed by atoms with Crippen LogP contribution in [-0.2, 0) is 9.63 Å². The lowest BCUT2D eigenvalue weighted by Gasteiger charge is -2.07. The van der Waals surface area contributed by atoms with Gasteiger partial charge in [0.15, 0.2) is 6.61 Å². The minimum absolute atomic E-state index is 0.0925. The number of hydrazone groups is 1. The van der Waals surface area contributed by atoms with Gasteiger partial charge in [-0.05, 0) is 23.6 Å². The molecule has 1 aromatic heterocycles. The molecule has 0 saturated carbocycles. The molecule has 0 fully saturated rings. The summed E-state index contributed by atoms with van der Waals surface area (Å²) in [5.74, 6) is -0.672. The van der Waals surface area contributed by atoms with E-state index in [0.29, 0.717) is 10.7 Å². The van der Waals surface area contributed by atoms with Gasteiger partial charge in [-0.1, -0.05) is 35.8 Å². The molecule has 0 bridgehead atoms. The molecule has 0 radical (unpaired) electrons. The number of rotatable bonds is 7. The fraction of sp³-hybridized carbons (Fsp3) is 0.0667. The second kappa shape index (κ2) is 8.70. The van der Waals surface area contributed by atoms with E-state index in [0.717, 1.165) is 4.88 Å². The van der Waals surface area contributed by atoms with E-state index < -0.39 is 5.91 Å². The number of hydrogen-bond acceptors (Lipinski definition) is 6. The van der Waals surface area contributed by atoms with E-state index in [1.165, 1.54) is 29.7 Å². The van der Waals surface area contributed by atoms with Crippen LogP contribution in [0.5, 0.6) is 5.75 Å². The second-order valence-corrected chi connectivity index (χ2v) is 6.26. The number of carbonyl (C=O) groups excluding carboxylic acids is 1. The standard InChI is InChI=1S/C15H13Cl2N3O3S/c1-9(13-3-2-4-24-13)20-23-8-14(21)19-18-7-10-5-11(16)6-12(17)15(10)22/h2-7,20,22H,1,8H2,(H,19,21)/b18-7+. The van der Waals surface area contributed by atoms with Gasteiger partial charge in [0.1, 0.15) is 5.75 Å². The molecule has 9 heteroatoms. The van der Waals surface area contributed by atoms with Crippen LogP contribution in [0.3, 0.4) is 0 Å². The number of amides is 1. The van der Waals surface area contributed by atoms with E-state index in [9.17, 15) is 9.90 Å². The Morgan fingerprint density at radius 2 is 2.25 bits per heavy atom. The van der Waals surface area contributed by atoms with Gasteiger partial charge in [0.25, 0.3) is 5.91 Å². The topological polar surface area (TPSA) is 83.0 Å². The summed E-state index contributed by atoms with van der Waals surface area (Å²) in [6, 6.07) is 6.61. The number of phenols is 1. The van der Waals surface area contributed by atoms with E-state index in [1.807, 2.05) is 17.5 Å². The molecule has 1 amide bonds. The lowest BCUT2D eigenvalue weighted by Crippen LogP contribution is -2.26. The summed E-state index contributed by atoms with van der Waals surface area (Å²) < 4.78 is 0. The van der Waals surface area contributed by atoms with Gasteiger partial charge in [-0.25, -0.2) is 5.43 Å². The Hall–Kier alpha value is -2.06. The van der Waals surface area contributed by atoms with Gasteiger partial charge in [0, 0.05) is 10.6 Å². The molecule has 3 N–H and O–H groups in total. The van der Waals surface area contributed by atoms with Gasteiger partial charge >= 0.3 is 0 Å². The SMILES string of the molecule is C=C(NOCC(=O)N/N=C/c1cc(Cl)cc(Cl)c1O)c1cccs1. The molecule has 24 heavy (non-hydrogen) atoms. The highest BCUT2D eigenvalue weighted by molar-refractivity contribution is 7.11. The predicted octanol–water partition coefficient (Wildman–Crippen LogP) is 3.40. The van der Waals surface area contributed by atoms with Crippen molar-refractivity contribution in [1.82, 2.24) is 10.9 Å². The van der Waals surface area contributed by atoms with Crippen molar-refractivity contribution in [2.45, 2.75) is 0 Å². The van der Waals surface area contributed by atoms with Crippen LogP contribution in [0.2, 0.25) is 10.0 Å². The van der Waals surface area contributed by atoms with Crippen LogP contribution in [0.25, 0.3) is 5.70 Å². The van der Waals surface area contributed by atoms with Crippen LogP contribution in [0.15, 0.2) is 41.3 Å². The summed E-state index contributed by atoms with van der Waals surface area (Å²) >= 11 is 13.1. The van der Waals surface area contributed by atoms with Crippen molar-refractivity contribution in [3.63, 3.8) is 0 Å². The zero-order chi connectivity index (χ0) is 17.5. The van der Waals surface area contributed by atoms with Crippen LogP contribution >= 0.6 is 34.5 Å². The molecule has 126 valence electrons. The molecular weight excluding hydrogens is 373 g/mol. The van der Waals surface area contributed by atoms with Gasteiger partial charge in [-0.3, -0.25) is 15.1 Å². The number of aromatic hydroxyl groups is 1. The molecule has 0 aliphatic carbocycles. The third kappa shape index (κ3) is 5.24. The minimum atomic E-state index is -0.495. The number of thiophene rings is 1. The first kappa shape index (κ1) is 18.3. The van der Waals surface area contributed by atoms with Crippen molar-refractivity contribution in [3.05, 3.63) is 56.7 Å². The first-order valence-corrected chi connectivity index (χ1v) is 8.21. The van der Waals surface area contributed by atoms with Crippen molar-refractivity contribution in [2.75, 3.05) is 6.61 Å². The Morgan fingerprint density at radius 3 is 2.96 bits per heavy atom. The number of phenolic OH excluding ortho intramolecular Hbond substituents is 1. The van der Waals surface area contributed by atoms with Gasteiger partial charge < -0.3 is 5.11 Å². The third-order valence-corrected chi connectivity index (χ3v) is 4.10. The molecule has 1 aromatic carbocycles. The van der Waals surface area contributed by atoms with Crippen LogP contribution in [0.1, 0.15) is 10.4 Å². The zero-order valence-electron chi connectivity index (χ0n) is 12.3. The zero-order valence-corrected chi connectivity index (χ0v) is 14.6. The molecule has 0 unspecified atom stereocenters. The number of halogens is 2. The summed E-state index contributed by atoms with van der Waals surface area (Å²) in [5.41, 5.74) is 5.65. The molecule has 6 nitrogen and oxygen atoms in total. The van der Waals surface area contributed by atoms with Crippen molar-refractivity contribution in [1.29, 1.82) is 0 Å². The van der Waals surface area contributed by atoms with Crippen molar-refractivity contribution in [2.24, 2.45) is 5.10 Å². The van der Waals surface area contributed by atoms with E-state index in [1.54, 1.807) is 0 Å². The molecule has 2 rings (SSSR count). The van der Waals surface area contributed by atoms with Crippen molar-refractivity contribution >= 4 is 52.4 Å². The Bertz CT molecular complexity index is 764. The molecule has 0 aliphatic heterocycles. The average molecular weight is 386 g/mol. The summed E-state index contributed by atoms with van der Waals surface area (Å²) in [6.45, 7) is 3.51. The monoisotopic (exact) mass is 385 g/mol. The highest BCUT2D eigenvalue weighted by Gasteiger charge is 2.06. The fourth-order valence-corrected chi connectivity index (χ4v) is 2.73. The number of nitrogens with one attached hydrogen (secondary N) is 2. The highest BCUT2D eigenvalue weighted by Crippen LogP contribution is 2.29. The molecule has 0 atom stereocenters. The summed E-state index contributed by atoms with van der Waals surface area (Å²) in [5, 5.41) is 15.8. The largest absolute Gasteiger partial charge is 0.506 e. The number of hydroxylamine groups is 1. The Kier molecular flexibility index (Phi) is 6.62. The van der Waals surface area contributed by atoms with E-state index in [4.69, 9.17) is 28.0 Å². The first-order chi connectivity index (χ1) is 11.5. The fourth-order valence-electron chi connectivity index (χ4n) is 1.58. The lowest BCUT2D eigenvalue weighted by molar-refractivity contribution is -0.127. The molecule has 2 aromatic rings. The summed E-state index contributed by atoms with van der Waals surface area (Å²) in [7, 11) is 0. The molecular formula is C15H13Cl2N3O3S. The van der Waals surface area contributed by atoms with Crippen LogP contribution in [-0.4, -0.2) is 23.8 Å². The third-order valence-electron chi connectivity index (χ3n) is 2.67. The summed E-state index contributed by atoms with van der Waals surface area (Å²) in [4.78, 5) is 17.5. The van der Waals surface area contributed by atoms with E-state index in [2.05, 4.69) is 22.6 Å². The van der Waals surface area contributed by atoms with E-state index >= 15 is 0 Å². The van der Waals surface area contributed by atoms with Crippen molar-refractivity contribution < 1.29 is 14.7 Å². The maximum atomic E-state index is 11.6. The smallest absolute Gasteiger partial charge is 0.268 e. The first-order valence-electron chi connectivity index (χ1n) is 6.58. The second-order valence-electron chi connectivity index (χ2n) is 4.47. The maximum absolute atomic E-state index is 11.6. The number of nitrogens with zero attached hydrogens (tertiary/aromatic N) is 1. The van der Waals surface area contributed by atoms with Gasteiger partial charge in [-0.2, -0.15) is 5.10 Å². The normalized spacial score (nSPS) is 10.8. The van der Waals surface area contributed by atoms with Gasteiger partial charge in [0.05, 0.1) is 21.8 Å². The molecule has 0 spiro atoms. The molecule has 1 heterocycles. The average Bonchev–Trinajstić information content (AvgIpc) is 3.06. The number of carbonyl (C=O) groups is 1. The van der Waals surface area contributed by atoms with Gasteiger partial charge in [-0.15, -0.1) is 11.3 Å².